The number of nitrogens with zero attached hydrogens (tertiary/aromatic N) is 2. The highest BCUT2D eigenvalue weighted by Crippen LogP contribution is 2.37. The lowest BCUT2D eigenvalue weighted by molar-refractivity contribution is -0.140. The SMILES string of the molecule is CC[C@@H](C(=O)NC1CCCCC1)N(Cc1ccc(Cl)cc1Cl)C(=O)CN(c1cc(Cl)ccc1OC)S(=O)(=O)c1ccc(OC)c(OC)c1. The van der Waals surface area contributed by atoms with Gasteiger partial charge in [-0.1, -0.05) is 67.1 Å². The first-order valence-electron chi connectivity index (χ1n) is 15.6. The first-order valence-corrected chi connectivity index (χ1v) is 18.1. The van der Waals surface area contributed by atoms with Crippen LogP contribution in [0.25, 0.3) is 0 Å². The Kier molecular flexibility index (Phi) is 13.1. The number of hydrogen-bond acceptors (Lipinski definition) is 7. The molecule has 4 rings (SSSR count). The minimum absolute atomic E-state index is 0.00553. The van der Waals surface area contributed by atoms with Gasteiger partial charge in [-0.15, -0.1) is 0 Å². The molecule has 3 aromatic rings. The Morgan fingerprint density at radius 3 is 2.10 bits per heavy atom. The highest BCUT2D eigenvalue weighted by Gasteiger charge is 2.36. The Morgan fingerprint density at radius 2 is 1.48 bits per heavy atom. The van der Waals surface area contributed by atoms with Gasteiger partial charge in [0, 0.05) is 33.7 Å². The fraction of sp³-hybridized carbons (Fsp3) is 0.412. The molecule has 3 aromatic carbocycles. The first-order chi connectivity index (χ1) is 22.9. The molecule has 1 aliphatic carbocycles. The average molecular weight is 741 g/mol. The van der Waals surface area contributed by atoms with E-state index in [9.17, 15) is 18.0 Å². The maximum atomic E-state index is 14.5. The van der Waals surface area contributed by atoms with Crippen LogP contribution in [0, 0.1) is 0 Å². The third kappa shape index (κ3) is 8.80. The summed E-state index contributed by atoms with van der Waals surface area (Å²) in [4.78, 5) is 29.5. The molecular formula is C34H40Cl3N3O7S. The zero-order chi connectivity index (χ0) is 35.0. The van der Waals surface area contributed by atoms with Crippen LogP contribution in [0.3, 0.4) is 0 Å². The highest BCUT2D eigenvalue weighted by molar-refractivity contribution is 7.92. The summed E-state index contributed by atoms with van der Waals surface area (Å²) in [5.74, 6) is -0.326. The minimum atomic E-state index is -4.48. The Morgan fingerprint density at radius 1 is 0.854 bits per heavy atom. The number of nitrogens with one attached hydrogen (secondary N) is 1. The Labute approximate surface area is 297 Å². The zero-order valence-corrected chi connectivity index (χ0v) is 30.4. The van der Waals surface area contributed by atoms with Gasteiger partial charge in [0.05, 0.1) is 31.9 Å². The van der Waals surface area contributed by atoms with E-state index in [1.165, 1.54) is 56.6 Å². The molecule has 1 aliphatic rings. The largest absolute Gasteiger partial charge is 0.495 e. The van der Waals surface area contributed by atoms with E-state index in [1.54, 1.807) is 31.2 Å². The van der Waals surface area contributed by atoms with Crippen LogP contribution in [0.15, 0.2) is 59.5 Å². The van der Waals surface area contributed by atoms with E-state index >= 15 is 0 Å². The van der Waals surface area contributed by atoms with Gasteiger partial charge in [0.15, 0.2) is 11.5 Å². The summed E-state index contributed by atoms with van der Waals surface area (Å²) in [6.07, 6.45) is 5.10. The second-order valence-corrected chi connectivity index (χ2v) is 14.5. The van der Waals surface area contributed by atoms with E-state index in [0.29, 0.717) is 21.4 Å². The van der Waals surface area contributed by atoms with Crippen LogP contribution in [0.2, 0.25) is 15.1 Å². The fourth-order valence-corrected chi connectivity index (χ4v) is 7.84. The van der Waals surface area contributed by atoms with Crippen LogP contribution in [0.1, 0.15) is 51.0 Å². The summed E-state index contributed by atoms with van der Waals surface area (Å²) in [6.45, 7) is 1.02. The Bertz CT molecular complexity index is 1720. The predicted molar refractivity (Wildman–Crippen MR) is 188 cm³/mol. The molecule has 2 amide bonds. The van der Waals surface area contributed by atoms with Crippen molar-refractivity contribution < 1.29 is 32.2 Å². The molecule has 1 fully saturated rings. The van der Waals surface area contributed by atoms with Crippen molar-refractivity contribution in [1.29, 1.82) is 0 Å². The topological polar surface area (TPSA) is 114 Å². The fourth-order valence-electron chi connectivity index (χ4n) is 5.77. The molecule has 1 saturated carbocycles. The van der Waals surface area contributed by atoms with Crippen molar-refractivity contribution in [1.82, 2.24) is 10.2 Å². The molecule has 48 heavy (non-hydrogen) atoms. The monoisotopic (exact) mass is 739 g/mol. The van der Waals surface area contributed by atoms with Gasteiger partial charge in [-0.25, -0.2) is 8.42 Å². The number of methoxy groups -OCH3 is 3. The van der Waals surface area contributed by atoms with Crippen LogP contribution in [-0.4, -0.2) is 65.1 Å². The van der Waals surface area contributed by atoms with Crippen molar-refractivity contribution in [3.8, 4) is 17.2 Å². The molecule has 0 radical (unpaired) electrons. The van der Waals surface area contributed by atoms with Crippen LogP contribution in [0.4, 0.5) is 5.69 Å². The Hall–Kier alpha value is -3.38. The molecule has 260 valence electrons. The van der Waals surface area contributed by atoms with E-state index in [-0.39, 0.29) is 52.0 Å². The zero-order valence-electron chi connectivity index (χ0n) is 27.3. The summed E-state index contributed by atoms with van der Waals surface area (Å²) in [6, 6.07) is 12.5. The van der Waals surface area contributed by atoms with Crippen molar-refractivity contribution in [3.05, 3.63) is 75.2 Å². The number of benzene rings is 3. The molecule has 0 aliphatic heterocycles. The van der Waals surface area contributed by atoms with Gasteiger partial charge in [-0.2, -0.15) is 0 Å². The summed E-state index contributed by atoms with van der Waals surface area (Å²) in [5, 5.41) is 4.05. The maximum Gasteiger partial charge on any atom is 0.265 e. The van der Waals surface area contributed by atoms with Gasteiger partial charge < -0.3 is 24.4 Å². The van der Waals surface area contributed by atoms with E-state index in [4.69, 9.17) is 49.0 Å². The van der Waals surface area contributed by atoms with Gasteiger partial charge in [-0.3, -0.25) is 13.9 Å². The number of rotatable bonds is 14. The number of ether oxygens (including phenoxy) is 3. The number of carbonyl (C=O) groups is 2. The summed E-state index contributed by atoms with van der Waals surface area (Å²) in [5.41, 5.74) is 0.560. The smallest absolute Gasteiger partial charge is 0.265 e. The van der Waals surface area contributed by atoms with Crippen molar-refractivity contribution in [2.24, 2.45) is 0 Å². The highest BCUT2D eigenvalue weighted by atomic mass is 35.5. The molecule has 14 heteroatoms. The molecule has 0 heterocycles. The van der Waals surface area contributed by atoms with Crippen LogP contribution in [-0.2, 0) is 26.2 Å². The number of carbonyl (C=O) groups excluding carboxylic acids is 2. The predicted octanol–water partition coefficient (Wildman–Crippen LogP) is 7.12. The van der Waals surface area contributed by atoms with Crippen molar-refractivity contribution in [2.45, 2.75) is 69.0 Å². The second-order valence-electron chi connectivity index (χ2n) is 11.4. The molecule has 0 bridgehead atoms. The molecule has 10 nitrogen and oxygen atoms in total. The number of hydrogen-bond donors (Lipinski definition) is 1. The summed E-state index contributed by atoms with van der Waals surface area (Å²) >= 11 is 19.1. The van der Waals surface area contributed by atoms with E-state index in [0.717, 1.165) is 36.4 Å². The van der Waals surface area contributed by atoms with Crippen LogP contribution < -0.4 is 23.8 Å². The summed E-state index contributed by atoms with van der Waals surface area (Å²) in [7, 11) is -0.280. The van der Waals surface area contributed by atoms with Gasteiger partial charge >= 0.3 is 0 Å². The van der Waals surface area contributed by atoms with Gasteiger partial charge in [0.25, 0.3) is 10.0 Å². The van der Waals surface area contributed by atoms with Gasteiger partial charge in [-0.05, 0) is 67.3 Å². The van der Waals surface area contributed by atoms with E-state index in [1.807, 2.05) is 0 Å². The third-order valence-corrected chi connectivity index (χ3v) is 10.9. The van der Waals surface area contributed by atoms with Crippen LogP contribution in [0.5, 0.6) is 17.2 Å². The lowest BCUT2D eigenvalue weighted by atomic mass is 9.95. The molecule has 0 saturated heterocycles. The molecular weight excluding hydrogens is 701 g/mol. The summed E-state index contributed by atoms with van der Waals surface area (Å²) < 4.78 is 46.0. The molecule has 0 spiro atoms. The minimum Gasteiger partial charge on any atom is -0.495 e. The second kappa shape index (κ2) is 16.8. The first kappa shape index (κ1) is 37.4. The van der Waals surface area contributed by atoms with E-state index < -0.39 is 28.5 Å². The number of amides is 2. The number of halogens is 3. The normalized spacial score (nSPS) is 14.1. The van der Waals surface area contributed by atoms with Crippen LogP contribution >= 0.6 is 34.8 Å². The number of anilines is 1. The van der Waals surface area contributed by atoms with Crippen molar-refractivity contribution in [3.63, 3.8) is 0 Å². The lowest BCUT2D eigenvalue weighted by Gasteiger charge is -2.35. The lowest BCUT2D eigenvalue weighted by Crippen LogP contribution is -2.54. The standard InChI is InChI=1S/C34H40Cl3N3O7S/c1-5-28(34(42)38-25-9-7-6-8-10-25)39(20-22-11-12-23(35)17-27(22)37)33(41)21-40(29-18-24(36)13-15-30(29)45-2)48(43,44)26-14-16-31(46-3)32(19-26)47-4/h11-19,25,28H,5-10,20-21H2,1-4H3,(H,38,42)/t28-/m0/s1. The third-order valence-electron chi connectivity index (χ3n) is 8.32. The quantitative estimate of drug-likeness (QED) is 0.187. The molecule has 1 atom stereocenters. The Balaban J connectivity index is 1.81. The average Bonchev–Trinajstić information content (AvgIpc) is 3.07. The number of sulfonamides is 1. The van der Waals surface area contributed by atoms with Crippen molar-refractivity contribution in [2.75, 3.05) is 32.2 Å². The maximum absolute atomic E-state index is 14.5. The van der Waals surface area contributed by atoms with Gasteiger partial charge in [0.1, 0.15) is 18.3 Å². The molecule has 0 unspecified atom stereocenters. The van der Waals surface area contributed by atoms with Gasteiger partial charge in [0.2, 0.25) is 11.8 Å². The van der Waals surface area contributed by atoms with Crippen molar-refractivity contribution >= 4 is 62.3 Å². The molecule has 1 N–H and O–H groups in total. The molecule has 0 aromatic heterocycles. The van der Waals surface area contributed by atoms with E-state index in [2.05, 4.69) is 5.32 Å².